The number of carbonyl (C=O) groups is 2. The molecule has 1 saturated heterocycles. The molecule has 0 unspecified atom stereocenters. The zero-order valence-electron chi connectivity index (χ0n) is 12.2. The number of rotatable bonds is 3. The minimum atomic E-state index is -0.0142. The molecular weight excluding hydrogens is 258 g/mol. The molecule has 1 aromatic heterocycles. The van der Waals surface area contributed by atoms with Crippen molar-refractivity contribution in [3.8, 4) is 0 Å². The van der Waals surface area contributed by atoms with Crippen molar-refractivity contribution in [2.75, 3.05) is 20.1 Å². The predicted octanol–water partition coefficient (Wildman–Crippen LogP) is 1.28. The van der Waals surface area contributed by atoms with Crippen LogP contribution in [0, 0.1) is 19.8 Å². The van der Waals surface area contributed by atoms with Gasteiger partial charge < -0.3 is 14.7 Å². The van der Waals surface area contributed by atoms with E-state index in [1.807, 2.05) is 4.90 Å². The first kappa shape index (κ1) is 14.6. The smallest absolute Gasteiger partial charge is 0.259 e. The quantitative estimate of drug-likeness (QED) is 0.904. The van der Waals surface area contributed by atoms with Crippen LogP contribution in [0.3, 0.4) is 0 Å². The fourth-order valence-corrected chi connectivity index (χ4v) is 2.65. The number of likely N-dealkylation sites (tertiary alicyclic amines) is 1. The first-order valence-corrected chi connectivity index (χ1v) is 6.95. The van der Waals surface area contributed by atoms with Gasteiger partial charge >= 0.3 is 0 Å². The second-order valence-electron chi connectivity index (χ2n) is 5.31. The summed E-state index contributed by atoms with van der Waals surface area (Å²) in [5.41, 5.74) is 1.22. The highest BCUT2D eigenvalue weighted by Gasteiger charge is 2.28. The van der Waals surface area contributed by atoms with Crippen LogP contribution in [0.1, 0.15) is 41.1 Å². The monoisotopic (exact) mass is 279 g/mol. The standard InChI is InChI=1S/C14H21N3O3/c1-9-13(10(2)20-16-9)14(19)17-6-4-11(5-7-17)8-12(18)15-3/h11H,4-8H2,1-3H3,(H,15,18). The van der Waals surface area contributed by atoms with Gasteiger partial charge in [-0.15, -0.1) is 0 Å². The molecule has 1 aliphatic heterocycles. The van der Waals surface area contributed by atoms with Crippen molar-refractivity contribution in [1.29, 1.82) is 0 Å². The van der Waals surface area contributed by atoms with Crippen LogP contribution < -0.4 is 5.32 Å². The molecule has 2 rings (SSSR count). The second-order valence-corrected chi connectivity index (χ2v) is 5.31. The Morgan fingerprint density at radius 2 is 2.00 bits per heavy atom. The number of aromatic nitrogens is 1. The average molecular weight is 279 g/mol. The number of hydrogen-bond donors (Lipinski definition) is 1. The summed E-state index contributed by atoms with van der Waals surface area (Å²) >= 11 is 0. The molecule has 6 nitrogen and oxygen atoms in total. The van der Waals surface area contributed by atoms with E-state index in [9.17, 15) is 9.59 Å². The van der Waals surface area contributed by atoms with Gasteiger partial charge in [0.25, 0.3) is 5.91 Å². The lowest BCUT2D eigenvalue weighted by Gasteiger charge is -2.31. The molecule has 0 radical (unpaired) electrons. The molecule has 0 bridgehead atoms. The molecule has 0 aliphatic carbocycles. The Labute approximate surface area is 118 Å². The van der Waals surface area contributed by atoms with E-state index in [1.54, 1.807) is 20.9 Å². The van der Waals surface area contributed by atoms with Crippen LogP contribution >= 0.6 is 0 Å². The summed E-state index contributed by atoms with van der Waals surface area (Å²) < 4.78 is 5.05. The van der Waals surface area contributed by atoms with Crippen LogP contribution in [0.4, 0.5) is 0 Å². The number of amides is 2. The Morgan fingerprint density at radius 3 is 2.50 bits per heavy atom. The summed E-state index contributed by atoms with van der Waals surface area (Å²) in [6, 6.07) is 0. The lowest BCUT2D eigenvalue weighted by Crippen LogP contribution is -2.39. The van der Waals surface area contributed by atoms with E-state index < -0.39 is 0 Å². The summed E-state index contributed by atoms with van der Waals surface area (Å²) in [5.74, 6) is 0.990. The van der Waals surface area contributed by atoms with Gasteiger partial charge in [-0.1, -0.05) is 5.16 Å². The highest BCUT2D eigenvalue weighted by molar-refractivity contribution is 5.96. The van der Waals surface area contributed by atoms with E-state index in [4.69, 9.17) is 4.52 Å². The molecule has 20 heavy (non-hydrogen) atoms. The van der Waals surface area contributed by atoms with Gasteiger partial charge in [0.15, 0.2) is 0 Å². The first-order valence-electron chi connectivity index (χ1n) is 6.95. The third-order valence-corrected chi connectivity index (χ3v) is 3.90. The van der Waals surface area contributed by atoms with Crippen molar-refractivity contribution < 1.29 is 14.1 Å². The second kappa shape index (κ2) is 6.07. The van der Waals surface area contributed by atoms with Gasteiger partial charge in [0.1, 0.15) is 11.3 Å². The van der Waals surface area contributed by atoms with Crippen molar-refractivity contribution in [3.63, 3.8) is 0 Å². The van der Waals surface area contributed by atoms with E-state index in [1.165, 1.54) is 0 Å². The van der Waals surface area contributed by atoms with Gasteiger partial charge in [0, 0.05) is 26.6 Å². The maximum atomic E-state index is 12.4. The maximum Gasteiger partial charge on any atom is 0.259 e. The zero-order valence-corrected chi connectivity index (χ0v) is 12.2. The van der Waals surface area contributed by atoms with Gasteiger partial charge in [-0.3, -0.25) is 9.59 Å². The number of hydrogen-bond acceptors (Lipinski definition) is 4. The Morgan fingerprint density at radius 1 is 1.35 bits per heavy atom. The fourth-order valence-electron chi connectivity index (χ4n) is 2.65. The molecule has 1 aromatic rings. The molecule has 110 valence electrons. The molecule has 6 heteroatoms. The van der Waals surface area contributed by atoms with Crippen LogP contribution in [0.25, 0.3) is 0 Å². The van der Waals surface area contributed by atoms with Gasteiger partial charge in [0.05, 0.1) is 5.69 Å². The SMILES string of the molecule is CNC(=O)CC1CCN(C(=O)c2c(C)noc2C)CC1. The summed E-state index contributed by atoms with van der Waals surface area (Å²) in [4.78, 5) is 25.6. The fraction of sp³-hybridized carbons (Fsp3) is 0.643. The maximum absolute atomic E-state index is 12.4. The summed E-state index contributed by atoms with van der Waals surface area (Å²) in [5, 5.41) is 6.47. The minimum Gasteiger partial charge on any atom is -0.361 e. The molecular formula is C14H21N3O3. The molecule has 0 saturated carbocycles. The Kier molecular flexibility index (Phi) is 4.42. The zero-order chi connectivity index (χ0) is 14.7. The van der Waals surface area contributed by atoms with Gasteiger partial charge in [-0.2, -0.15) is 0 Å². The van der Waals surface area contributed by atoms with Crippen LogP contribution in [-0.4, -0.2) is 42.0 Å². The van der Waals surface area contributed by atoms with Crippen molar-refractivity contribution in [2.24, 2.45) is 5.92 Å². The average Bonchev–Trinajstić information content (AvgIpc) is 2.78. The van der Waals surface area contributed by atoms with E-state index in [0.29, 0.717) is 42.4 Å². The van der Waals surface area contributed by atoms with E-state index >= 15 is 0 Å². The van der Waals surface area contributed by atoms with Crippen LogP contribution in [0.2, 0.25) is 0 Å². The van der Waals surface area contributed by atoms with Gasteiger partial charge in [0.2, 0.25) is 5.91 Å². The number of aryl methyl sites for hydroxylation is 2. The van der Waals surface area contributed by atoms with Crippen molar-refractivity contribution in [2.45, 2.75) is 33.1 Å². The third-order valence-electron chi connectivity index (χ3n) is 3.90. The molecule has 0 aromatic carbocycles. The molecule has 1 aliphatic rings. The van der Waals surface area contributed by atoms with Crippen molar-refractivity contribution >= 4 is 11.8 Å². The van der Waals surface area contributed by atoms with E-state index in [0.717, 1.165) is 12.8 Å². The highest BCUT2D eigenvalue weighted by atomic mass is 16.5. The number of nitrogens with one attached hydrogen (secondary N) is 1. The molecule has 1 fully saturated rings. The Balaban J connectivity index is 1.94. The van der Waals surface area contributed by atoms with Crippen LogP contribution in [-0.2, 0) is 4.79 Å². The molecule has 1 N–H and O–H groups in total. The Bertz CT molecular complexity index is 482. The van der Waals surface area contributed by atoms with Crippen molar-refractivity contribution in [1.82, 2.24) is 15.4 Å². The van der Waals surface area contributed by atoms with Crippen molar-refractivity contribution in [3.05, 3.63) is 17.0 Å². The lowest BCUT2D eigenvalue weighted by atomic mass is 9.93. The normalized spacial score (nSPS) is 16.2. The number of carbonyl (C=O) groups excluding carboxylic acids is 2. The highest BCUT2D eigenvalue weighted by Crippen LogP contribution is 2.23. The molecule has 2 heterocycles. The van der Waals surface area contributed by atoms with E-state index in [-0.39, 0.29) is 11.8 Å². The first-order chi connectivity index (χ1) is 9.52. The Hall–Kier alpha value is -1.85. The number of nitrogens with zero attached hydrogens (tertiary/aromatic N) is 2. The predicted molar refractivity (Wildman–Crippen MR) is 73.3 cm³/mol. The molecule has 0 spiro atoms. The number of piperidine rings is 1. The molecule has 0 atom stereocenters. The van der Waals surface area contributed by atoms with Crippen LogP contribution in [0.15, 0.2) is 4.52 Å². The minimum absolute atomic E-state index is 0.0142. The van der Waals surface area contributed by atoms with Gasteiger partial charge in [-0.05, 0) is 32.6 Å². The van der Waals surface area contributed by atoms with Crippen LogP contribution in [0.5, 0.6) is 0 Å². The topological polar surface area (TPSA) is 75.4 Å². The summed E-state index contributed by atoms with van der Waals surface area (Å²) in [7, 11) is 1.65. The van der Waals surface area contributed by atoms with Gasteiger partial charge in [-0.25, -0.2) is 0 Å². The van der Waals surface area contributed by atoms with E-state index in [2.05, 4.69) is 10.5 Å². The molecule has 2 amide bonds. The largest absolute Gasteiger partial charge is 0.361 e. The summed E-state index contributed by atoms with van der Waals surface area (Å²) in [6.07, 6.45) is 2.27. The summed E-state index contributed by atoms with van der Waals surface area (Å²) in [6.45, 7) is 4.91. The third kappa shape index (κ3) is 3.00. The lowest BCUT2D eigenvalue weighted by molar-refractivity contribution is -0.121.